The van der Waals surface area contributed by atoms with Gasteiger partial charge in [-0.15, -0.1) is 10.2 Å². The van der Waals surface area contributed by atoms with Gasteiger partial charge in [-0.25, -0.2) is 0 Å². The maximum absolute atomic E-state index is 12.2. The zero-order valence-electron chi connectivity index (χ0n) is 16.0. The second-order valence-corrected chi connectivity index (χ2v) is 6.20. The molecule has 0 atom stereocenters. The molecule has 0 aliphatic carbocycles. The molecule has 0 aliphatic heterocycles. The normalized spacial score (nSPS) is 10.7. The SMILES string of the molecule is CCn1nc(C)cc1-c1nnc(CCC(=O)Nc2cccc(C(=O)NC)c2)o1. The van der Waals surface area contributed by atoms with Gasteiger partial charge in [-0.2, -0.15) is 5.10 Å². The van der Waals surface area contributed by atoms with Gasteiger partial charge in [0.1, 0.15) is 5.69 Å². The number of anilines is 1. The molecular weight excluding hydrogens is 360 g/mol. The van der Waals surface area contributed by atoms with E-state index in [1.165, 1.54) is 0 Å². The number of amides is 2. The van der Waals surface area contributed by atoms with Gasteiger partial charge in [0.05, 0.1) is 5.69 Å². The van der Waals surface area contributed by atoms with Crippen molar-refractivity contribution in [2.75, 3.05) is 12.4 Å². The van der Waals surface area contributed by atoms with Crippen LogP contribution in [-0.2, 0) is 17.8 Å². The fraction of sp³-hybridized carbons (Fsp3) is 0.316. The highest BCUT2D eigenvalue weighted by Gasteiger charge is 2.15. The number of rotatable bonds is 7. The molecule has 0 fully saturated rings. The van der Waals surface area contributed by atoms with Gasteiger partial charge in [0.15, 0.2) is 0 Å². The Balaban J connectivity index is 1.60. The van der Waals surface area contributed by atoms with E-state index in [4.69, 9.17) is 4.42 Å². The molecule has 0 saturated carbocycles. The average Bonchev–Trinajstić information content (AvgIpc) is 3.32. The summed E-state index contributed by atoms with van der Waals surface area (Å²) in [7, 11) is 1.56. The summed E-state index contributed by atoms with van der Waals surface area (Å²) < 4.78 is 7.47. The topological polar surface area (TPSA) is 115 Å². The fourth-order valence-electron chi connectivity index (χ4n) is 2.74. The monoisotopic (exact) mass is 382 g/mol. The number of aryl methyl sites for hydroxylation is 3. The lowest BCUT2D eigenvalue weighted by molar-refractivity contribution is -0.116. The molecule has 146 valence electrons. The molecule has 0 saturated heterocycles. The van der Waals surface area contributed by atoms with Crippen molar-refractivity contribution in [3.8, 4) is 11.6 Å². The molecule has 0 unspecified atom stereocenters. The van der Waals surface area contributed by atoms with Crippen LogP contribution in [0.1, 0.15) is 35.3 Å². The van der Waals surface area contributed by atoms with Crippen molar-refractivity contribution in [1.82, 2.24) is 25.3 Å². The Kier molecular flexibility index (Phi) is 5.83. The molecule has 2 N–H and O–H groups in total. The van der Waals surface area contributed by atoms with Gasteiger partial charge < -0.3 is 15.1 Å². The fourth-order valence-corrected chi connectivity index (χ4v) is 2.74. The number of nitrogens with zero attached hydrogens (tertiary/aromatic N) is 4. The molecule has 2 heterocycles. The second kappa shape index (κ2) is 8.47. The molecule has 3 rings (SSSR count). The van der Waals surface area contributed by atoms with E-state index in [2.05, 4.69) is 25.9 Å². The maximum Gasteiger partial charge on any atom is 0.265 e. The van der Waals surface area contributed by atoms with Crippen LogP contribution in [0.2, 0.25) is 0 Å². The van der Waals surface area contributed by atoms with Crippen LogP contribution in [0.3, 0.4) is 0 Å². The molecular formula is C19H22N6O3. The van der Waals surface area contributed by atoms with E-state index < -0.39 is 0 Å². The Hall–Kier alpha value is -3.49. The van der Waals surface area contributed by atoms with Gasteiger partial charge in [0.25, 0.3) is 11.8 Å². The minimum Gasteiger partial charge on any atom is -0.419 e. The van der Waals surface area contributed by atoms with Crippen molar-refractivity contribution >= 4 is 17.5 Å². The van der Waals surface area contributed by atoms with Gasteiger partial charge in [-0.3, -0.25) is 14.3 Å². The van der Waals surface area contributed by atoms with Crippen molar-refractivity contribution in [3.05, 3.63) is 47.5 Å². The smallest absolute Gasteiger partial charge is 0.265 e. The zero-order chi connectivity index (χ0) is 20.1. The average molecular weight is 382 g/mol. The molecule has 0 bridgehead atoms. The molecule has 2 aromatic heterocycles. The molecule has 0 radical (unpaired) electrons. The highest BCUT2D eigenvalue weighted by molar-refractivity contribution is 5.97. The van der Waals surface area contributed by atoms with Crippen LogP contribution in [-0.4, -0.2) is 38.8 Å². The summed E-state index contributed by atoms with van der Waals surface area (Å²) in [5.74, 6) is 0.348. The van der Waals surface area contributed by atoms with Gasteiger partial charge >= 0.3 is 0 Å². The first-order valence-electron chi connectivity index (χ1n) is 8.99. The maximum atomic E-state index is 12.2. The van der Waals surface area contributed by atoms with Crippen molar-refractivity contribution < 1.29 is 14.0 Å². The molecule has 9 heteroatoms. The summed E-state index contributed by atoms with van der Waals surface area (Å²) in [4.78, 5) is 23.9. The first-order valence-corrected chi connectivity index (χ1v) is 8.99. The summed E-state index contributed by atoms with van der Waals surface area (Å²) in [5, 5.41) is 17.7. The number of hydrogen-bond acceptors (Lipinski definition) is 6. The summed E-state index contributed by atoms with van der Waals surface area (Å²) >= 11 is 0. The Morgan fingerprint density at radius 1 is 1.21 bits per heavy atom. The number of nitrogens with one attached hydrogen (secondary N) is 2. The molecule has 2 amide bonds. The van der Waals surface area contributed by atoms with Gasteiger partial charge in [0, 0.05) is 37.7 Å². The largest absolute Gasteiger partial charge is 0.419 e. The minimum atomic E-state index is -0.212. The van der Waals surface area contributed by atoms with E-state index in [9.17, 15) is 9.59 Å². The summed E-state index contributed by atoms with van der Waals surface area (Å²) in [6.07, 6.45) is 0.491. The summed E-state index contributed by atoms with van der Waals surface area (Å²) in [6.45, 7) is 4.57. The van der Waals surface area contributed by atoms with E-state index in [1.807, 2.05) is 19.9 Å². The number of carbonyl (C=O) groups excluding carboxylic acids is 2. The number of hydrogen-bond donors (Lipinski definition) is 2. The van der Waals surface area contributed by atoms with E-state index >= 15 is 0 Å². The van der Waals surface area contributed by atoms with Crippen LogP contribution in [0.15, 0.2) is 34.7 Å². The van der Waals surface area contributed by atoms with Gasteiger partial charge in [0.2, 0.25) is 11.8 Å². The van der Waals surface area contributed by atoms with E-state index in [0.717, 1.165) is 11.4 Å². The highest BCUT2D eigenvalue weighted by atomic mass is 16.4. The third-order valence-electron chi connectivity index (χ3n) is 4.09. The standard InChI is InChI=1S/C19H22N6O3/c1-4-25-15(10-12(2)24-25)19-23-22-17(28-19)9-8-16(26)21-14-7-5-6-13(11-14)18(27)20-3/h5-7,10-11H,4,8-9H2,1-3H3,(H,20,27)(H,21,26). The lowest BCUT2D eigenvalue weighted by Crippen LogP contribution is -2.18. The molecule has 3 aromatic rings. The predicted molar refractivity (Wildman–Crippen MR) is 103 cm³/mol. The van der Waals surface area contributed by atoms with Crippen LogP contribution < -0.4 is 10.6 Å². The third kappa shape index (κ3) is 4.43. The quantitative estimate of drug-likeness (QED) is 0.647. The van der Waals surface area contributed by atoms with Crippen molar-refractivity contribution in [2.45, 2.75) is 33.2 Å². The Bertz CT molecular complexity index is 991. The summed E-state index contributed by atoms with van der Waals surface area (Å²) in [5.41, 5.74) is 2.66. The number of benzene rings is 1. The third-order valence-corrected chi connectivity index (χ3v) is 4.09. The van der Waals surface area contributed by atoms with Crippen molar-refractivity contribution in [1.29, 1.82) is 0 Å². The summed E-state index contributed by atoms with van der Waals surface area (Å²) in [6, 6.07) is 8.62. The van der Waals surface area contributed by atoms with Crippen LogP contribution in [0.4, 0.5) is 5.69 Å². The second-order valence-electron chi connectivity index (χ2n) is 6.20. The highest BCUT2D eigenvalue weighted by Crippen LogP contribution is 2.20. The Morgan fingerprint density at radius 3 is 2.79 bits per heavy atom. The van der Waals surface area contributed by atoms with E-state index in [1.54, 1.807) is 36.0 Å². The Morgan fingerprint density at radius 2 is 2.04 bits per heavy atom. The minimum absolute atomic E-state index is 0.178. The predicted octanol–water partition coefficient (Wildman–Crippen LogP) is 2.19. The van der Waals surface area contributed by atoms with Crippen LogP contribution >= 0.6 is 0 Å². The molecule has 1 aromatic carbocycles. The molecule has 28 heavy (non-hydrogen) atoms. The Labute approximate surface area is 162 Å². The lowest BCUT2D eigenvalue weighted by atomic mass is 10.2. The van der Waals surface area contributed by atoms with Crippen LogP contribution in [0, 0.1) is 6.92 Å². The lowest BCUT2D eigenvalue weighted by Gasteiger charge is -2.06. The van der Waals surface area contributed by atoms with E-state index in [-0.39, 0.29) is 18.2 Å². The van der Waals surface area contributed by atoms with Gasteiger partial charge in [-0.05, 0) is 38.1 Å². The van der Waals surface area contributed by atoms with Crippen molar-refractivity contribution in [2.24, 2.45) is 0 Å². The van der Waals surface area contributed by atoms with Crippen LogP contribution in [0.25, 0.3) is 11.6 Å². The number of aromatic nitrogens is 4. The first-order chi connectivity index (χ1) is 13.5. The van der Waals surface area contributed by atoms with Crippen molar-refractivity contribution in [3.63, 3.8) is 0 Å². The van der Waals surface area contributed by atoms with E-state index in [0.29, 0.717) is 36.0 Å². The molecule has 0 spiro atoms. The zero-order valence-corrected chi connectivity index (χ0v) is 16.0. The van der Waals surface area contributed by atoms with Gasteiger partial charge in [-0.1, -0.05) is 6.07 Å². The first kappa shape index (κ1) is 19.3. The van der Waals surface area contributed by atoms with Crippen LogP contribution in [0.5, 0.6) is 0 Å². The molecule has 9 nitrogen and oxygen atoms in total. The molecule has 0 aliphatic rings. The number of carbonyl (C=O) groups is 2.